The van der Waals surface area contributed by atoms with Gasteiger partial charge in [-0.3, -0.25) is 4.98 Å². The lowest BCUT2D eigenvalue weighted by molar-refractivity contribution is 0.334. The maximum Gasteiger partial charge on any atom is 0.242 e. The minimum atomic E-state index is -4.11. The number of halogens is 2. The first-order chi connectivity index (χ1) is 14.9. The van der Waals surface area contributed by atoms with Gasteiger partial charge in [0.15, 0.2) is 0 Å². The van der Waals surface area contributed by atoms with Gasteiger partial charge in [0.25, 0.3) is 0 Å². The zero-order chi connectivity index (χ0) is 22.2. The van der Waals surface area contributed by atoms with Gasteiger partial charge < -0.3 is 4.57 Å². The Morgan fingerprint density at radius 2 is 2.00 bits per heavy atom. The molecule has 1 aromatic carbocycles. The van der Waals surface area contributed by atoms with Crippen molar-refractivity contribution in [1.82, 2.24) is 14.3 Å². The van der Waals surface area contributed by atoms with E-state index in [2.05, 4.69) is 15.6 Å². The number of nitrogens with zero attached hydrogens (tertiary/aromatic N) is 3. The van der Waals surface area contributed by atoms with Crippen molar-refractivity contribution >= 4 is 20.9 Å². The minimum absolute atomic E-state index is 0.192. The second-order valence-electron chi connectivity index (χ2n) is 7.92. The third-order valence-electron chi connectivity index (χ3n) is 5.45. The summed E-state index contributed by atoms with van der Waals surface area (Å²) in [6, 6.07) is 9.68. The molecule has 1 N–H and O–H groups in total. The fourth-order valence-corrected chi connectivity index (χ4v) is 4.81. The van der Waals surface area contributed by atoms with Crippen LogP contribution < -0.4 is 4.72 Å². The standard InChI is InChI=1S/C22H22F2N4O2S/c1-14-2-7-21-18(8-14)19(11-25)22(28(21)13-15-3-4-15)20-6-5-17(12-26-20)31(29,30)27-16(9-23)10-24/h2,5-8,12,15-16,27H,3-4,9-10,13H2,1H3. The molecule has 0 aliphatic heterocycles. The molecule has 2 aromatic heterocycles. The molecule has 3 aromatic rings. The number of nitriles is 1. The van der Waals surface area contributed by atoms with Crippen LogP contribution in [0.1, 0.15) is 24.0 Å². The number of aryl methyl sites for hydroxylation is 1. The molecule has 1 aliphatic rings. The van der Waals surface area contributed by atoms with Crippen molar-refractivity contribution < 1.29 is 17.2 Å². The molecule has 0 unspecified atom stereocenters. The number of fused-ring (bicyclic) bond motifs is 1. The zero-order valence-corrected chi connectivity index (χ0v) is 17.8. The van der Waals surface area contributed by atoms with E-state index in [0.29, 0.717) is 22.9 Å². The third-order valence-corrected chi connectivity index (χ3v) is 6.96. The smallest absolute Gasteiger partial charge is 0.242 e. The molecular weight excluding hydrogens is 422 g/mol. The average Bonchev–Trinajstić information content (AvgIpc) is 3.53. The summed E-state index contributed by atoms with van der Waals surface area (Å²) in [6.07, 6.45) is 3.41. The maximum atomic E-state index is 12.7. The van der Waals surface area contributed by atoms with Crippen molar-refractivity contribution in [1.29, 1.82) is 5.26 Å². The van der Waals surface area contributed by atoms with E-state index in [1.165, 1.54) is 12.1 Å². The Balaban J connectivity index is 1.79. The quantitative estimate of drug-likeness (QED) is 0.571. The van der Waals surface area contributed by atoms with Crippen molar-refractivity contribution in [3.63, 3.8) is 0 Å². The van der Waals surface area contributed by atoms with Crippen LogP contribution in [-0.4, -0.2) is 37.4 Å². The summed E-state index contributed by atoms with van der Waals surface area (Å²) in [5.41, 5.74) is 3.60. The summed E-state index contributed by atoms with van der Waals surface area (Å²) in [5.74, 6) is 0.546. The van der Waals surface area contributed by atoms with Gasteiger partial charge in [0.2, 0.25) is 10.0 Å². The van der Waals surface area contributed by atoms with Crippen LogP contribution in [0, 0.1) is 24.2 Å². The maximum absolute atomic E-state index is 12.7. The molecular formula is C22H22F2N4O2S. The van der Waals surface area contributed by atoms with Crippen molar-refractivity contribution in [2.45, 2.75) is 37.2 Å². The van der Waals surface area contributed by atoms with Crippen molar-refractivity contribution in [3.8, 4) is 17.5 Å². The van der Waals surface area contributed by atoms with Crippen LogP contribution in [0.15, 0.2) is 41.4 Å². The van der Waals surface area contributed by atoms with Crippen LogP contribution >= 0.6 is 0 Å². The lowest BCUT2D eigenvalue weighted by Crippen LogP contribution is -2.37. The van der Waals surface area contributed by atoms with Crippen LogP contribution in [0.2, 0.25) is 0 Å². The van der Waals surface area contributed by atoms with Crippen molar-refractivity contribution in [2.24, 2.45) is 5.92 Å². The second kappa shape index (κ2) is 8.36. The number of nitrogens with one attached hydrogen (secondary N) is 1. The van der Waals surface area contributed by atoms with E-state index in [1.807, 2.05) is 29.8 Å². The minimum Gasteiger partial charge on any atom is -0.338 e. The van der Waals surface area contributed by atoms with Crippen LogP contribution in [0.5, 0.6) is 0 Å². The summed E-state index contributed by atoms with van der Waals surface area (Å²) in [7, 11) is -4.11. The lowest BCUT2D eigenvalue weighted by Gasteiger charge is -2.13. The summed E-state index contributed by atoms with van der Waals surface area (Å²) in [4.78, 5) is 4.12. The fraction of sp³-hybridized carbons (Fsp3) is 0.364. The number of pyridine rings is 1. The number of rotatable bonds is 8. The van der Waals surface area contributed by atoms with E-state index in [1.54, 1.807) is 0 Å². The third kappa shape index (κ3) is 4.18. The van der Waals surface area contributed by atoms with Crippen LogP contribution in [0.4, 0.5) is 8.78 Å². The van der Waals surface area contributed by atoms with Gasteiger partial charge >= 0.3 is 0 Å². The number of alkyl halides is 2. The Bertz CT molecular complexity index is 1260. The van der Waals surface area contributed by atoms with E-state index in [0.717, 1.165) is 42.0 Å². The van der Waals surface area contributed by atoms with E-state index in [4.69, 9.17) is 0 Å². The highest BCUT2D eigenvalue weighted by Gasteiger charge is 2.27. The van der Waals surface area contributed by atoms with Crippen molar-refractivity contribution in [2.75, 3.05) is 13.3 Å². The van der Waals surface area contributed by atoms with E-state index >= 15 is 0 Å². The Morgan fingerprint density at radius 1 is 1.26 bits per heavy atom. The second-order valence-corrected chi connectivity index (χ2v) is 9.63. The van der Waals surface area contributed by atoms with Gasteiger partial charge in [-0.25, -0.2) is 21.9 Å². The topological polar surface area (TPSA) is 87.8 Å². The molecule has 0 radical (unpaired) electrons. The Morgan fingerprint density at radius 3 is 2.58 bits per heavy atom. The Kier molecular flexibility index (Phi) is 5.77. The first-order valence-electron chi connectivity index (χ1n) is 10.0. The molecule has 0 bridgehead atoms. The molecule has 4 rings (SSSR count). The van der Waals surface area contributed by atoms with E-state index < -0.39 is 29.4 Å². The van der Waals surface area contributed by atoms with Gasteiger partial charge in [-0.2, -0.15) is 5.26 Å². The summed E-state index contributed by atoms with van der Waals surface area (Å²) >= 11 is 0. The molecule has 6 nitrogen and oxygen atoms in total. The monoisotopic (exact) mass is 444 g/mol. The molecule has 162 valence electrons. The highest BCUT2D eigenvalue weighted by atomic mass is 32.2. The van der Waals surface area contributed by atoms with Crippen LogP contribution in [0.25, 0.3) is 22.3 Å². The molecule has 9 heteroatoms. The van der Waals surface area contributed by atoms with E-state index in [9.17, 15) is 22.5 Å². The summed E-state index contributed by atoms with van der Waals surface area (Å²) in [5, 5.41) is 10.7. The molecule has 31 heavy (non-hydrogen) atoms. The molecule has 1 fully saturated rings. The van der Waals surface area contributed by atoms with Gasteiger partial charge in [0, 0.05) is 23.6 Å². The van der Waals surface area contributed by atoms with Gasteiger partial charge in [0.1, 0.15) is 24.3 Å². The summed E-state index contributed by atoms with van der Waals surface area (Å²) in [6.45, 7) is 0.432. The number of aromatic nitrogens is 2. The zero-order valence-electron chi connectivity index (χ0n) is 17.0. The highest BCUT2D eigenvalue weighted by molar-refractivity contribution is 7.89. The molecule has 0 spiro atoms. The first kappa shape index (κ1) is 21.4. The Labute approximate surface area is 179 Å². The normalized spacial score (nSPS) is 14.3. The van der Waals surface area contributed by atoms with Crippen LogP contribution in [-0.2, 0) is 16.6 Å². The number of benzene rings is 1. The van der Waals surface area contributed by atoms with E-state index in [-0.39, 0.29) is 4.90 Å². The molecule has 0 amide bonds. The average molecular weight is 445 g/mol. The first-order valence-corrected chi connectivity index (χ1v) is 11.5. The van der Waals surface area contributed by atoms with Gasteiger partial charge in [0.05, 0.1) is 23.0 Å². The lowest BCUT2D eigenvalue weighted by atomic mass is 10.1. The predicted octanol–water partition coefficient (Wildman–Crippen LogP) is 3.88. The summed E-state index contributed by atoms with van der Waals surface area (Å²) < 4.78 is 54.3. The highest BCUT2D eigenvalue weighted by Crippen LogP contribution is 2.38. The largest absolute Gasteiger partial charge is 0.338 e. The number of hydrogen-bond acceptors (Lipinski definition) is 4. The fourth-order valence-electron chi connectivity index (χ4n) is 3.67. The SMILES string of the molecule is Cc1ccc2c(c1)c(C#N)c(-c1ccc(S(=O)(=O)NC(CF)CF)cn1)n2CC1CC1. The molecule has 0 atom stereocenters. The number of hydrogen-bond donors (Lipinski definition) is 1. The van der Waals surface area contributed by atoms with Gasteiger partial charge in [-0.15, -0.1) is 0 Å². The Hall–Kier alpha value is -2.83. The molecule has 1 aliphatic carbocycles. The molecule has 1 saturated carbocycles. The number of sulfonamides is 1. The van der Waals surface area contributed by atoms with Gasteiger partial charge in [-0.05, 0) is 49.9 Å². The van der Waals surface area contributed by atoms with Gasteiger partial charge in [-0.1, -0.05) is 11.6 Å². The van der Waals surface area contributed by atoms with Crippen molar-refractivity contribution in [3.05, 3.63) is 47.7 Å². The molecule has 2 heterocycles. The molecule has 0 saturated heterocycles. The van der Waals surface area contributed by atoms with Crippen LogP contribution in [0.3, 0.4) is 0 Å². The predicted molar refractivity (Wildman–Crippen MR) is 113 cm³/mol.